The quantitative estimate of drug-likeness (QED) is 0.508. The molecule has 0 fully saturated rings. The standard InChI is InChI=1S/C12H27NO4/c1-9(6-14)11(3)13-5-12(15)8-17-10(2)7-16-4/h9-15H,5-8H2,1-4H3. The monoisotopic (exact) mass is 249 g/mol. The van der Waals surface area contributed by atoms with Crippen LogP contribution in [0.5, 0.6) is 0 Å². The van der Waals surface area contributed by atoms with Crippen molar-refractivity contribution in [1.82, 2.24) is 5.32 Å². The molecule has 0 amide bonds. The molecule has 0 aliphatic carbocycles. The molecular formula is C12H27NO4. The van der Waals surface area contributed by atoms with Gasteiger partial charge in [-0.15, -0.1) is 0 Å². The van der Waals surface area contributed by atoms with E-state index in [1.165, 1.54) is 0 Å². The molecule has 0 aromatic carbocycles. The minimum atomic E-state index is -0.539. The molecule has 0 aromatic heterocycles. The predicted molar refractivity (Wildman–Crippen MR) is 67.0 cm³/mol. The van der Waals surface area contributed by atoms with Crippen LogP contribution in [0, 0.1) is 5.92 Å². The van der Waals surface area contributed by atoms with Gasteiger partial charge in [-0.05, 0) is 19.8 Å². The first-order valence-corrected chi connectivity index (χ1v) is 6.14. The van der Waals surface area contributed by atoms with Crippen molar-refractivity contribution in [3.8, 4) is 0 Å². The van der Waals surface area contributed by atoms with Crippen LogP contribution in [-0.2, 0) is 9.47 Å². The van der Waals surface area contributed by atoms with Crippen molar-refractivity contribution in [1.29, 1.82) is 0 Å². The highest BCUT2D eigenvalue weighted by atomic mass is 16.5. The zero-order valence-corrected chi connectivity index (χ0v) is 11.3. The van der Waals surface area contributed by atoms with Crippen molar-refractivity contribution in [2.24, 2.45) is 5.92 Å². The molecule has 0 heterocycles. The summed E-state index contributed by atoms with van der Waals surface area (Å²) in [5, 5.41) is 21.8. The molecule has 17 heavy (non-hydrogen) atoms. The summed E-state index contributed by atoms with van der Waals surface area (Å²) in [5.74, 6) is 0.176. The summed E-state index contributed by atoms with van der Waals surface area (Å²) < 4.78 is 10.3. The third-order valence-corrected chi connectivity index (χ3v) is 2.79. The molecule has 5 nitrogen and oxygen atoms in total. The maximum absolute atomic E-state index is 9.68. The molecule has 4 unspecified atom stereocenters. The smallest absolute Gasteiger partial charge is 0.0897 e. The van der Waals surface area contributed by atoms with E-state index >= 15 is 0 Å². The first-order valence-electron chi connectivity index (χ1n) is 6.14. The van der Waals surface area contributed by atoms with E-state index in [1.54, 1.807) is 7.11 Å². The molecule has 0 rings (SSSR count). The molecule has 0 bridgehead atoms. The highest BCUT2D eigenvalue weighted by molar-refractivity contribution is 4.70. The fourth-order valence-electron chi connectivity index (χ4n) is 1.30. The molecule has 0 saturated carbocycles. The van der Waals surface area contributed by atoms with Crippen molar-refractivity contribution in [3.05, 3.63) is 0 Å². The Kier molecular flexibility index (Phi) is 9.68. The number of nitrogens with one attached hydrogen (secondary N) is 1. The lowest BCUT2D eigenvalue weighted by molar-refractivity contribution is -0.0319. The van der Waals surface area contributed by atoms with Crippen LogP contribution < -0.4 is 5.32 Å². The molecule has 0 aliphatic heterocycles. The van der Waals surface area contributed by atoms with Gasteiger partial charge in [0, 0.05) is 26.3 Å². The molecule has 3 N–H and O–H groups in total. The van der Waals surface area contributed by atoms with Gasteiger partial charge in [-0.2, -0.15) is 0 Å². The molecule has 0 aliphatic rings. The van der Waals surface area contributed by atoms with E-state index in [1.807, 2.05) is 20.8 Å². The van der Waals surface area contributed by atoms with Crippen LogP contribution in [-0.4, -0.2) is 61.9 Å². The highest BCUT2D eigenvalue weighted by Crippen LogP contribution is 2.01. The van der Waals surface area contributed by atoms with Crippen LogP contribution in [0.25, 0.3) is 0 Å². The minimum Gasteiger partial charge on any atom is -0.396 e. The second-order valence-corrected chi connectivity index (χ2v) is 4.61. The van der Waals surface area contributed by atoms with Gasteiger partial charge in [0.15, 0.2) is 0 Å². The summed E-state index contributed by atoms with van der Waals surface area (Å²) in [7, 11) is 1.62. The lowest BCUT2D eigenvalue weighted by Crippen LogP contribution is -2.40. The Morgan fingerprint density at radius 2 is 1.82 bits per heavy atom. The molecular weight excluding hydrogens is 222 g/mol. The van der Waals surface area contributed by atoms with Crippen molar-refractivity contribution >= 4 is 0 Å². The van der Waals surface area contributed by atoms with E-state index in [0.717, 1.165) is 0 Å². The average molecular weight is 249 g/mol. The van der Waals surface area contributed by atoms with E-state index < -0.39 is 6.10 Å². The zero-order chi connectivity index (χ0) is 13.3. The number of hydrogen-bond donors (Lipinski definition) is 3. The summed E-state index contributed by atoms with van der Waals surface area (Å²) in [4.78, 5) is 0. The number of methoxy groups -OCH3 is 1. The summed E-state index contributed by atoms with van der Waals surface area (Å²) >= 11 is 0. The Hall–Kier alpha value is -0.200. The minimum absolute atomic E-state index is 0.0107. The maximum atomic E-state index is 9.68. The third-order valence-electron chi connectivity index (χ3n) is 2.79. The van der Waals surface area contributed by atoms with Crippen molar-refractivity contribution in [2.45, 2.75) is 39.0 Å². The first kappa shape index (κ1) is 16.8. The Labute approximate surface area is 104 Å². The number of ether oxygens (including phenoxy) is 2. The van der Waals surface area contributed by atoms with Crippen LogP contribution in [0.2, 0.25) is 0 Å². The van der Waals surface area contributed by atoms with Crippen LogP contribution in [0.1, 0.15) is 20.8 Å². The van der Waals surface area contributed by atoms with E-state index in [9.17, 15) is 5.11 Å². The molecule has 0 aromatic rings. The largest absolute Gasteiger partial charge is 0.396 e. The SMILES string of the molecule is COCC(C)OCC(O)CNC(C)C(C)CO. The lowest BCUT2D eigenvalue weighted by atomic mass is 10.1. The van der Waals surface area contributed by atoms with E-state index in [0.29, 0.717) is 13.2 Å². The Balaban J connectivity index is 3.61. The van der Waals surface area contributed by atoms with E-state index in [-0.39, 0.29) is 31.3 Å². The number of aliphatic hydroxyl groups is 2. The van der Waals surface area contributed by atoms with Gasteiger partial charge in [0.05, 0.1) is 25.4 Å². The number of rotatable bonds is 10. The number of hydrogen-bond acceptors (Lipinski definition) is 5. The summed E-state index contributed by atoms with van der Waals surface area (Å²) in [6.45, 7) is 7.27. The zero-order valence-electron chi connectivity index (χ0n) is 11.3. The average Bonchev–Trinajstić information content (AvgIpc) is 2.32. The van der Waals surface area contributed by atoms with Gasteiger partial charge in [0.1, 0.15) is 0 Å². The van der Waals surface area contributed by atoms with E-state index in [4.69, 9.17) is 14.6 Å². The van der Waals surface area contributed by atoms with Crippen molar-refractivity contribution in [3.63, 3.8) is 0 Å². The fourth-order valence-corrected chi connectivity index (χ4v) is 1.30. The van der Waals surface area contributed by atoms with Crippen molar-refractivity contribution < 1.29 is 19.7 Å². The van der Waals surface area contributed by atoms with Gasteiger partial charge in [0.2, 0.25) is 0 Å². The van der Waals surface area contributed by atoms with Gasteiger partial charge >= 0.3 is 0 Å². The topological polar surface area (TPSA) is 71.0 Å². The maximum Gasteiger partial charge on any atom is 0.0897 e. The number of aliphatic hydroxyl groups excluding tert-OH is 2. The predicted octanol–water partition coefficient (Wildman–Crippen LogP) is 0.00530. The Morgan fingerprint density at radius 3 is 2.35 bits per heavy atom. The molecule has 0 radical (unpaired) electrons. The molecule has 5 heteroatoms. The second kappa shape index (κ2) is 9.79. The Morgan fingerprint density at radius 1 is 1.18 bits per heavy atom. The van der Waals surface area contributed by atoms with Crippen LogP contribution >= 0.6 is 0 Å². The third kappa shape index (κ3) is 8.51. The lowest BCUT2D eigenvalue weighted by Gasteiger charge is -2.22. The Bertz CT molecular complexity index is 180. The van der Waals surface area contributed by atoms with Crippen molar-refractivity contribution in [2.75, 3.05) is 33.5 Å². The van der Waals surface area contributed by atoms with Gasteiger partial charge in [0.25, 0.3) is 0 Å². The van der Waals surface area contributed by atoms with Crippen LogP contribution in [0.15, 0.2) is 0 Å². The summed E-state index contributed by atoms with van der Waals surface area (Å²) in [5.41, 5.74) is 0. The molecule has 4 atom stereocenters. The van der Waals surface area contributed by atoms with Crippen LogP contribution in [0.3, 0.4) is 0 Å². The molecule has 0 saturated heterocycles. The van der Waals surface area contributed by atoms with Gasteiger partial charge in [-0.1, -0.05) is 6.92 Å². The van der Waals surface area contributed by atoms with E-state index in [2.05, 4.69) is 5.32 Å². The molecule has 104 valence electrons. The molecule has 0 spiro atoms. The van der Waals surface area contributed by atoms with Gasteiger partial charge in [-0.25, -0.2) is 0 Å². The summed E-state index contributed by atoms with van der Waals surface area (Å²) in [6.07, 6.45) is -0.550. The van der Waals surface area contributed by atoms with Gasteiger partial charge < -0.3 is 25.0 Å². The highest BCUT2D eigenvalue weighted by Gasteiger charge is 2.13. The van der Waals surface area contributed by atoms with Gasteiger partial charge in [-0.3, -0.25) is 0 Å². The first-order chi connectivity index (χ1) is 8.01. The normalized spacial score (nSPS) is 18.7. The van der Waals surface area contributed by atoms with Crippen LogP contribution in [0.4, 0.5) is 0 Å². The second-order valence-electron chi connectivity index (χ2n) is 4.61. The fraction of sp³-hybridized carbons (Fsp3) is 1.00. The summed E-state index contributed by atoms with van der Waals surface area (Å²) in [6, 6.07) is 0.172.